The van der Waals surface area contributed by atoms with Gasteiger partial charge < -0.3 is 15.6 Å². The standard InChI is InChI=1S/C21H16N2O/c22-18(14-6-2-1-3-7-14)13-19(23)15-10-11-17-16-8-4-5-9-20(16)24-21(17)12-15/h1-13,22H,23H2. The monoisotopic (exact) mass is 312 g/mol. The highest BCUT2D eigenvalue weighted by atomic mass is 16.3. The molecule has 0 saturated heterocycles. The lowest BCUT2D eigenvalue weighted by atomic mass is 10.0. The van der Waals surface area contributed by atoms with Gasteiger partial charge in [0.15, 0.2) is 0 Å². The van der Waals surface area contributed by atoms with Gasteiger partial charge in [0.1, 0.15) is 11.2 Å². The van der Waals surface area contributed by atoms with E-state index in [1.807, 2.05) is 72.8 Å². The highest BCUT2D eigenvalue weighted by molar-refractivity contribution is 6.10. The van der Waals surface area contributed by atoms with E-state index in [1.165, 1.54) is 0 Å². The van der Waals surface area contributed by atoms with Crippen molar-refractivity contribution in [2.24, 2.45) is 5.73 Å². The summed E-state index contributed by atoms with van der Waals surface area (Å²) in [7, 11) is 0. The number of rotatable bonds is 3. The van der Waals surface area contributed by atoms with Gasteiger partial charge in [-0.3, -0.25) is 0 Å². The summed E-state index contributed by atoms with van der Waals surface area (Å²) in [4.78, 5) is 0. The second-order valence-corrected chi connectivity index (χ2v) is 5.69. The van der Waals surface area contributed by atoms with Crippen LogP contribution in [0.5, 0.6) is 0 Å². The molecule has 0 bridgehead atoms. The number of benzene rings is 3. The van der Waals surface area contributed by atoms with Crippen molar-refractivity contribution >= 4 is 33.3 Å². The number of nitrogens with one attached hydrogen (secondary N) is 1. The van der Waals surface area contributed by atoms with E-state index in [4.69, 9.17) is 15.6 Å². The first kappa shape index (κ1) is 14.3. The average molecular weight is 312 g/mol. The van der Waals surface area contributed by atoms with E-state index in [9.17, 15) is 0 Å². The third-order valence-electron chi connectivity index (χ3n) is 4.10. The quantitative estimate of drug-likeness (QED) is 0.525. The van der Waals surface area contributed by atoms with E-state index in [0.717, 1.165) is 33.1 Å². The molecule has 1 aromatic heterocycles. The molecule has 0 aliphatic heterocycles. The summed E-state index contributed by atoms with van der Waals surface area (Å²) >= 11 is 0. The van der Waals surface area contributed by atoms with E-state index in [2.05, 4.69) is 0 Å². The van der Waals surface area contributed by atoms with Gasteiger partial charge >= 0.3 is 0 Å². The second kappa shape index (κ2) is 5.70. The lowest BCUT2D eigenvalue weighted by Gasteiger charge is -2.04. The van der Waals surface area contributed by atoms with Crippen LogP contribution < -0.4 is 5.73 Å². The Morgan fingerprint density at radius 2 is 1.50 bits per heavy atom. The fraction of sp³-hybridized carbons (Fsp3) is 0. The van der Waals surface area contributed by atoms with Crippen LogP contribution in [0.25, 0.3) is 27.6 Å². The third-order valence-corrected chi connectivity index (χ3v) is 4.10. The fourth-order valence-electron chi connectivity index (χ4n) is 2.85. The van der Waals surface area contributed by atoms with Gasteiger partial charge in [0.25, 0.3) is 0 Å². The van der Waals surface area contributed by atoms with Crippen LogP contribution in [0.4, 0.5) is 0 Å². The van der Waals surface area contributed by atoms with Crippen LogP contribution in [0.1, 0.15) is 11.1 Å². The van der Waals surface area contributed by atoms with Gasteiger partial charge in [-0.05, 0) is 29.8 Å². The minimum absolute atomic E-state index is 0.387. The van der Waals surface area contributed by atoms with Crippen molar-refractivity contribution < 1.29 is 4.42 Å². The lowest BCUT2D eigenvalue weighted by Crippen LogP contribution is -2.02. The Kier molecular flexibility index (Phi) is 3.39. The number of nitrogens with two attached hydrogens (primary N) is 1. The zero-order valence-electron chi connectivity index (χ0n) is 13.0. The van der Waals surface area contributed by atoms with Crippen LogP contribution in [-0.2, 0) is 0 Å². The van der Waals surface area contributed by atoms with Crippen molar-refractivity contribution in [3.8, 4) is 0 Å². The van der Waals surface area contributed by atoms with Gasteiger partial charge in [-0.15, -0.1) is 0 Å². The fourth-order valence-corrected chi connectivity index (χ4v) is 2.85. The van der Waals surface area contributed by atoms with Crippen molar-refractivity contribution in [2.45, 2.75) is 0 Å². The molecular formula is C21H16N2O. The summed E-state index contributed by atoms with van der Waals surface area (Å²) in [5.41, 5.74) is 10.5. The molecule has 3 heteroatoms. The summed E-state index contributed by atoms with van der Waals surface area (Å²) < 4.78 is 5.90. The molecule has 4 rings (SSSR count). The molecule has 1 heterocycles. The molecule has 0 saturated carbocycles. The molecule has 0 atom stereocenters. The molecule has 0 spiro atoms. The van der Waals surface area contributed by atoms with Crippen molar-refractivity contribution in [1.82, 2.24) is 0 Å². The number of hydrogen-bond donors (Lipinski definition) is 2. The molecule has 24 heavy (non-hydrogen) atoms. The van der Waals surface area contributed by atoms with Crippen molar-refractivity contribution in [3.63, 3.8) is 0 Å². The Balaban J connectivity index is 1.74. The number of allylic oxidation sites excluding steroid dienone is 1. The third kappa shape index (κ3) is 2.46. The maximum Gasteiger partial charge on any atom is 0.136 e. The largest absolute Gasteiger partial charge is 0.456 e. The molecule has 3 N–H and O–H groups in total. The molecule has 0 aliphatic rings. The average Bonchev–Trinajstić information content (AvgIpc) is 3.00. The minimum Gasteiger partial charge on any atom is -0.456 e. The SMILES string of the molecule is N=C(C=C(N)c1ccc2c(c1)oc1ccccc12)c1ccccc1. The molecule has 0 unspecified atom stereocenters. The summed E-state index contributed by atoms with van der Waals surface area (Å²) in [6, 6.07) is 23.4. The zero-order valence-corrected chi connectivity index (χ0v) is 13.0. The van der Waals surface area contributed by atoms with E-state index in [-0.39, 0.29) is 0 Å². The number of furan rings is 1. The van der Waals surface area contributed by atoms with Gasteiger partial charge in [-0.2, -0.15) is 0 Å². The first-order valence-electron chi connectivity index (χ1n) is 7.75. The first-order chi connectivity index (χ1) is 11.7. The maximum absolute atomic E-state index is 8.18. The predicted molar refractivity (Wildman–Crippen MR) is 99.2 cm³/mol. The first-order valence-corrected chi connectivity index (χ1v) is 7.75. The van der Waals surface area contributed by atoms with Gasteiger partial charge in [-0.1, -0.05) is 54.6 Å². The van der Waals surface area contributed by atoms with E-state index < -0.39 is 0 Å². The van der Waals surface area contributed by atoms with Crippen LogP contribution in [0.3, 0.4) is 0 Å². The van der Waals surface area contributed by atoms with Crippen LogP contribution in [0, 0.1) is 5.41 Å². The molecule has 3 aromatic carbocycles. The maximum atomic E-state index is 8.18. The van der Waals surface area contributed by atoms with Gasteiger partial charge in [0, 0.05) is 22.0 Å². The van der Waals surface area contributed by atoms with Crippen LogP contribution in [-0.4, -0.2) is 5.71 Å². The van der Waals surface area contributed by atoms with E-state index in [1.54, 1.807) is 6.08 Å². The van der Waals surface area contributed by atoms with Crippen LogP contribution in [0.15, 0.2) is 83.3 Å². The lowest BCUT2D eigenvalue weighted by molar-refractivity contribution is 0.669. The van der Waals surface area contributed by atoms with Crippen molar-refractivity contribution in [3.05, 3.63) is 90.0 Å². The Morgan fingerprint density at radius 3 is 2.33 bits per heavy atom. The highest BCUT2D eigenvalue weighted by Crippen LogP contribution is 2.30. The Labute approximate surface area is 139 Å². The summed E-state index contributed by atoms with van der Waals surface area (Å²) in [5.74, 6) is 0. The van der Waals surface area contributed by atoms with Crippen molar-refractivity contribution in [1.29, 1.82) is 5.41 Å². The highest BCUT2D eigenvalue weighted by Gasteiger charge is 2.08. The molecular weight excluding hydrogens is 296 g/mol. The smallest absolute Gasteiger partial charge is 0.136 e. The summed E-state index contributed by atoms with van der Waals surface area (Å²) in [6.07, 6.45) is 1.68. The normalized spacial score (nSPS) is 11.9. The molecule has 0 fully saturated rings. The van der Waals surface area contributed by atoms with E-state index in [0.29, 0.717) is 11.4 Å². The Hall–Kier alpha value is -3.33. The number of fused-ring (bicyclic) bond motifs is 3. The number of hydrogen-bond acceptors (Lipinski definition) is 3. The molecule has 0 amide bonds. The van der Waals surface area contributed by atoms with Gasteiger partial charge in [0.05, 0.1) is 5.71 Å². The molecule has 3 nitrogen and oxygen atoms in total. The molecule has 0 radical (unpaired) electrons. The Bertz CT molecular complexity index is 1070. The molecule has 116 valence electrons. The topological polar surface area (TPSA) is 63.0 Å². The van der Waals surface area contributed by atoms with Crippen molar-refractivity contribution in [2.75, 3.05) is 0 Å². The number of para-hydroxylation sites is 1. The van der Waals surface area contributed by atoms with Crippen LogP contribution in [0.2, 0.25) is 0 Å². The molecule has 4 aromatic rings. The van der Waals surface area contributed by atoms with Gasteiger partial charge in [0.2, 0.25) is 0 Å². The summed E-state index contributed by atoms with van der Waals surface area (Å²) in [5, 5.41) is 10.3. The second-order valence-electron chi connectivity index (χ2n) is 5.69. The van der Waals surface area contributed by atoms with Crippen LogP contribution >= 0.6 is 0 Å². The zero-order chi connectivity index (χ0) is 16.5. The minimum atomic E-state index is 0.387. The summed E-state index contributed by atoms with van der Waals surface area (Å²) in [6.45, 7) is 0. The predicted octanol–water partition coefficient (Wildman–Crippen LogP) is 4.95. The van der Waals surface area contributed by atoms with Gasteiger partial charge in [-0.25, -0.2) is 0 Å². The van der Waals surface area contributed by atoms with E-state index >= 15 is 0 Å². The molecule has 0 aliphatic carbocycles. The Morgan fingerprint density at radius 1 is 0.792 bits per heavy atom.